The van der Waals surface area contributed by atoms with Gasteiger partial charge in [-0.05, 0) is 31.0 Å². The fourth-order valence-corrected chi connectivity index (χ4v) is 3.19. The fourth-order valence-electron chi connectivity index (χ4n) is 3.19. The topological polar surface area (TPSA) is 59.1 Å². The van der Waals surface area contributed by atoms with E-state index in [4.69, 9.17) is 9.47 Å². The van der Waals surface area contributed by atoms with Gasteiger partial charge >= 0.3 is 0 Å². The lowest BCUT2D eigenvalue weighted by atomic mass is 9.84. The zero-order valence-corrected chi connectivity index (χ0v) is 14.3. The Labute approximate surface area is 142 Å². The molecule has 2 amide bonds. The Kier molecular flexibility index (Phi) is 4.92. The molecule has 1 saturated heterocycles. The summed E-state index contributed by atoms with van der Waals surface area (Å²) in [6, 6.07) is 5.21. The Bertz CT molecular complexity index is 619. The molecule has 1 aliphatic carbocycles. The highest BCUT2D eigenvalue weighted by Gasteiger charge is 2.32. The highest BCUT2D eigenvalue weighted by Crippen LogP contribution is 2.29. The summed E-state index contributed by atoms with van der Waals surface area (Å²) in [7, 11) is 3.12. The number of hydrogen-bond donors (Lipinski definition) is 0. The first-order chi connectivity index (χ1) is 11.6. The average molecular weight is 332 g/mol. The van der Waals surface area contributed by atoms with Gasteiger partial charge in [-0.25, -0.2) is 0 Å². The van der Waals surface area contributed by atoms with Gasteiger partial charge in [0.2, 0.25) is 5.91 Å². The van der Waals surface area contributed by atoms with E-state index in [2.05, 4.69) is 0 Å². The van der Waals surface area contributed by atoms with Crippen LogP contribution in [0.4, 0.5) is 0 Å². The molecule has 0 bridgehead atoms. The third-order valence-corrected chi connectivity index (χ3v) is 4.97. The van der Waals surface area contributed by atoms with Crippen LogP contribution in [0.15, 0.2) is 18.2 Å². The molecule has 6 heteroatoms. The van der Waals surface area contributed by atoms with Crippen molar-refractivity contribution in [2.75, 3.05) is 40.4 Å². The molecule has 130 valence electrons. The Hall–Kier alpha value is -2.24. The van der Waals surface area contributed by atoms with Crippen molar-refractivity contribution in [2.45, 2.75) is 19.3 Å². The number of nitrogens with zero attached hydrogens (tertiary/aromatic N) is 2. The molecular formula is C18H24N2O4. The average Bonchev–Trinajstić information content (AvgIpc) is 2.59. The molecule has 1 aliphatic heterocycles. The molecular weight excluding hydrogens is 308 g/mol. The number of ether oxygens (including phenoxy) is 2. The second-order valence-corrected chi connectivity index (χ2v) is 6.31. The summed E-state index contributed by atoms with van der Waals surface area (Å²) in [5.74, 6) is 1.55. The predicted octanol–water partition coefficient (Wildman–Crippen LogP) is 1.79. The van der Waals surface area contributed by atoms with E-state index in [1.807, 2.05) is 4.90 Å². The molecule has 0 radical (unpaired) electrons. The minimum absolute atomic E-state index is 0.0820. The van der Waals surface area contributed by atoms with Crippen molar-refractivity contribution in [3.63, 3.8) is 0 Å². The second kappa shape index (κ2) is 7.11. The van der Waals surface area contributed by atoms with E-state index in [-0.39, 0.29) is 17.7 Å². The summed E-state index contributed by atoms with van der Waals surface area (Å²) < 4.78 is 10.5. The number of carbonyl (C=O) groups excluding carboxylic acids is 2. The van der Waals surface area contributed by atoms with Crippen molar-refractivity contribution < 1.29 is 19.1 Å². The molecule has 0 N–H and O–H groups in total. The van der Waals surface area contributed by atoms with Crippen molar-refractivity contribution in [3.05, 3.63) is 23.8 Å². The molecule has 0 unspecified atom stereocenters. The van der Waals surface area contributed by atoms with Crippen molar-refractivity contribution in [2.24, 2.45) is 5.92 Å². The van der Waals surface area contributed by atoms with Crippen LogP contribution in [-0.2, 0) is 4.79 Å². The molecule has 1 saturated carbocycles. The summed E-state index contributed by atoms with van der Waals surface area (Å²) in [4.78, 5) is 28.8. The maximum absolute atomic E-state index is 12.8. The molecule has 3 rings (SSSR count). The molecule has 0 spiro atoms. The van der Waals surface area contributed by atoms with E-state index in [0.717, 1.165) is 19.3 Å². The number of benzene rings is 1. The third-order valence-electron chi connectivity index (χ3n) is 4.97. The number of carbonyl (C=O) groups is 2. The molecule has 0 atom stereocenters. The van der Waals surface area contributed by atoms with E-state index in [9.17, 15) is 9.59 Å². The van der Waals surface area contributed by atoms with Crippen LogP contribution >= 0.6 is 0 Å². The van der Waals surface area contributed by atoms with E-state index < -0.39 is 0 Å². The van der Waals surface area contributed by atoms with Crippen LogP contribution in [0.2, 0.25) is 0 Å². The molecule has 2 aliphatic rings. The third kappa shape index (κ3) is 3.18. The summed E-state index contributed by atoms with van der Waals surface area (Å²) >= 11 is 0. The number of rotatable bonds is 4. The summed E-state index contributed by atoms with van der Waals surface area (Å²) in [6.45, 7) is 2.32. The van der Waals surface area contributed by atoms with Crippen LogP contribution in [0.5, 0.6) is 11.5 Å². The maximum Gasteiger partial charge on any atom is 0.257 e. The standard InChI is InChI=1S/C18H24N2O4/c1-23-14-6-7-16(24-2)15(12-14)18(22)20-10-8-19(9-11-20)17(21)13-4-3-5-13/h6-7,12-13H,3-5,8-11H2,1-2H3. The summed E-state index contributed by atoms with van der Waals surface area (Å²) in [5.41, 5.74) is 0.496. The van der Waals surface area contributed by atoms with Gasteiger partial charge < -0.3 is 19.3 Å². The zero-order chi connectivity index (χ0) is 17.1. The lowest BCUT2D eigenvalue weighted by Crippen LogP contribution is -2.52. The van der Waals surface area contributed by atoms with Crippen LogP contribution in [0.25, 0.3) is 0 Å². The number of piperazine rings is 1. The predicted molar refractivity (Wildman–Crippen MR) is 89.4 cm³/mol. The quantitative estimate of drug-likeness (QED) is 0.843. The first-order valence-corrected chi connectivity index (χ1v) is 8.44. The molecule has 1 aromatic rings. The largest absolute Gasteiger partial charge is 0.497 e. The Morgan fingerprint density at radius 3 is 2.21 bits per heavy atom. The van der Waals surface area contributed by atoms with Gasteiger partial charge in [0.25, 0.3) is 5.91 Å². The lowest BCUT2D eigenvalue weighted by molar-refractivity contribution is -0.139. The van der Waals surface area contributed by atoms with Crippen molar-refractivity contribution in [1.29, 1.82) is 0 Å². The SMILES string of the molecule is COc1ccc(OC)c(C(=O)N2CCN(C(=O)C3CCC3)CC2)c1. The molecule has 1 heterocycles. The van der Waals surface area contributed by atoms with E-state index in [0.29, 0.717) is 43.2 Å². The van der Waals surface area contributed by atoms with E-state index in [1.54, 1.807) is 37.3 Å². The molecule has 24 heavy (non-hydrogen) atoms. The second-order valence-electron chi connectivity index (χ2n) is 6.31. The Morgan fingerprint density at radius 2 is 1.67 bits per heavy atom. The van der Waals surface area contributed by atoms with Gasteiger partial charge in [-0.2, -0.15) is 0 Å². The molecule has 1 aromatic carbocycles. The summed E-state index contributed by atoms with van der Waals surface area (Å²) in [5, 5.41) is 0. The van der Waals surface area contributed by atoms with Crippen LogP contribution in [0.3, 0.4) is 0 Å². The maximum atomic E-state index is 12.8. The number of amides is 2. The zero-order valence-electron chi connectivity index (χ0n) is 14.3. The van der Waals surface area contributed by atoms with Gasteiger partial charge in [0.1, 0.15) is 11.5 Å². The van der Waals surface area contributed by atoms with Gasteiger partial charge in [0.05, 0.1) is 19.8 Å². The fraction of sp³-hybridized carbons (Fsp3) is 0.556. The minimum atomic E-state index is -0.0820. The molecule has 0 aromatic heterocycles. The monoisotopic (exact) mass is 332 g/mol. The van der Waals surface area contributed by atoms with Crippen LogP contribution in [0, 0.1) is 5.92 Å². The van der Waals surface area contributed by atoms with Crippen molar-refractivity contribution in [1.82, 2.24) is 9.80 Å². The van der Waals surface area contributed by atoms with Crippen molar-refractivity contribution in [3.8, 4) is 11.5 Å². The first-order valence-electron chi connectivity index (χ1n) is 8.44. The Morgan fingerprint density at radius 1 is 1.00 bits per heavy atom. The van der Waals surface area contributed by atoms with Gasteiger partial charge in [0, 0.05) is 32.1 Å². The normalized spacial score (nSPS) is 18.1. The Balaban J connectivity index is 1.65. The van der Waals surface area contributed by atoms with Gasteiger partial charge in [-0.15, -0.1) is 0 Å². The lowest BCUT2D eigenvalue weighted by Gasteiger charge is -2.38. The smallest absolute Gasteiger partial charge is 0.257 e. The van der Waals surface area contributed by atoms with Crippen LogP contribution < -0.4 is 9.47 Å². The van der Waals surface area contributed by atoms with Crippen LogP contribution in [-0.4, -0.2) is 62.0 Å². The molecule has 6 nitrogen and oxygen atoms in total. The van der Waals surface area contributed by atoms with Crippen molar-refractivity contribution >= 4 is 11.8 Å². The summed E-state index contributed by atoms with van der Waals surface area (Å²) in [6.07, 6.45) is 3.18. The van der Waals surface area contributed by atoms with E-state index in [1.165, 1.54) is 0 Å². The van der Waals surface area contributed by atoms with Gasteiger partial charge in [0.15, 0.2) is 0 Å². The van der Waals surface area contributed by atoms with Crippen LogP contribution in [0.1, 0.15) is 29.6 Å². The first kappa shape index (κ1) is 16.6. The number of hydrogen-bond acceptors (Lipinski definition) is 4. The number of methoxy groups -OCH3 is 2. The minimum Gasteiger partial charge on any atom is -0.497 e. The molecule has 2 fully saturated rings. The highest BCUT2D eigenvalue weighted by atomic mass is 16.5. The van der Waals surface area contributed by atoms with Gasteiger partial charge in [-0.3, -0.25) is 9.59 Å². The highest BCUT2D eigenvalue weighted by molar-refractivity contribution is 5.97. The van der Waals surface area contributed by atoms with Gasteiger partial charge in [-0.1, -0.05) is 6.42 Å². The van der Waals surface area contributed by atoms with E-state index >= 15 is 0 Å².